The van der Waals surface area contributed by atoms with E-state index in [2.05, 4.69) is 0 Å². The van der Waals surface area contributed by atoms with E-state index in [4.69, 9.17) is 9.47 Å². The number of carbonyl (C=O) groups excluding carboxylic acids is 1. The van der Waals surface area contributed by atoms with Gasteiger partial charge in [-0.3, -0.25) is 0 Å². The molecule has 1 heterocycles. The first kappa shape index (κ1) is 10.2. The van der Waals surface area contributed by atoms with Crippen LogP contribution in [0.1, 0.15) is 25.5 Å². The van der Waals surface area contributed by atoms with Gasteiger partial charge in [0.25, 0.3) is 0 Å². The maximum Gasteiger partial charge on any atom is 0.338 e. The maximum atomic E-state index is 11.5. The van der Waals surface area contributed by atoms with Crippen molar-refractivity contribution in [3.63, 3.8) is 0 Å². The zero-order valence-corrected chi connectivity index (χ0v) is 8.84. The predicted octanol–water partition coefficient (Wildman–Crippen LogP) is 2.08. The highest BCUT2D eigenvalue weighted by Crippen LogP contribution is 2.39. The van der Waals surface area contributed by atoms with E-state index in [-0.39, 0.29) is 18.2 Å². The number of esters is 1. The van der Waals surface area contributed by atoms with E-state index in [0.717, 1.165) is 5.56 Å². The average molecular weight is 206 g/mol. The fourth-order valence-corrected chi connectivity index (χ4v) is 1.49. The van der Waals surface area contributed by atoms with Gasteiger partial charge >= 0.3 is 5.97 Å². The molecule has 2 rings (SSSR count). The maximum absolute atomic E-state index is 11.5. The van der Waals surface area contributed by atoms with Gasteiger partial charge in [-0.05, 0) is 19.4 Å². The van der Waals surface area contributed by atoms with E-state index >= 15 is 0 Å². The second kappa shape index (κ2) is 4.03. The molecule has 0 saturated carbocycles. The first-order chi connectivity index (χ1) is 7.18. The Morgan fingerprint density at radius 1 is 1.33 bits per heavy atom. The molecule has 0 amide bonds. The summed E-state index contributed by atoms with van der Waals surface area (Å²) in [5.74, 6) is -0.265. The number of benzene rings is 1. The summed E-state index contributed by atoms with van der Waals surface area (Å²) in [5, 5.41) is 0. The summed E-state index contributed by atoms with van der Waals surface area (Å²) < 4.78 is 10.4. The van der Waals surface area contributed by atoms with Crippen molar-refractivity contribution in [2.45, 2.75) is 32.2 Å². The summed E-state index contributed by atoms with van der Waals surface area (Å²) in [6.07, 6.45) is -0.606. The van der Waals surface area contributed by atoms with Crippen molar-refractivity contribution in [2.75, 3.05) is 0 Å². The van der Waals surface area contributed by atoms with Crippen molar-refractivity contribution >= 4 is 5.97 Å². The molecule has 0 aromatic heterocycles. The van der Waals surface area contributed by atoms with Gasteiger partial charge < -0.3 is 9.47 Å². The standard InChI is InChI=1S/C12H14O3/c1-8(2)14-12(13)11-10(15-11)9-6-4-3-5-7-9/h3-8,10-11H,1-2H3/t10-,11-/m1/s1. The summed E-state index contributed by atoms with van der Waals surface area (Å²) in [5.41, 5.74) is 1.03. The third kappa shape index (κ3) is 2.36. The van der Waals surface area contributed by atoms with Gasteiger partial charge in [0, 0.05) is 0 Å². The summed E-state index contributed by atoms with van der Waals surface area (Å²) in [6, 6.07) is 9.71. The smallest absolute Gasteiger partial charge is 0.338 e. The Balaban J connectivity index is 1.94. The molecule has 1 aliphatic rings. The van der Waals surface area contributed by atoms with Crippen LogP contribution in [0, 0.1) is 0 Å². The van der Waals surface area contributed by atoms with Gasteiger partial charge in [-0.25, -0.2) is 4.79 Å². The highest BCUT2D eigenvalue weighted by atomic mass is 16.6. The second-order valence-corrected chi connectivity index (χ2v) is 3.87. The van der Waals surface area contributed by atoms with Crippen LogP contribution < -0.4 is 0 Å². The molecular weight excluding hydrogens is 192 g/mol. The minimum Gasteiger partial charge on any atom is -0.461 e. The van der Waals surface area contributed by atoms with Crippen molar-refractivity contribution in [3.8, 4) is 0 Å². The summed E-state index contributed by atoms with van der Waals surface area (Å²) in [4.78, 5) is 11.5. The Bertz CT molecular complexity index is 345. The van der Waals surface area contributed by atoms with Crippen molar-refractivity contribution in [1.29, 1.82) is 0 Å². The van der Waals surface area contributed by atoms with Crippen LogP contribution in [-0.4, -0.2) is 18.2 Å². The van der Waals surface area contributed by atoms with Gasteiger partial charge in [-0.1, -0.05) is 30.3 Å². The molecule has 1 aromatic carbocycles. The molecule has 2 atom stereocenters. The second-order valence-electron chi connectivity index (χ2n) is 3.87. The predicted molar refractivity (Wildman–Crippen MR) is 55.3 cm³/mol. The molecule has 0 aliphatic carbocycles. The zero-order valence-electron chi connectivity index (χ0n) is 8.84. The number of carbonyl (C=O) groups is 1. The normalized spacial score (nSPS) is 23.9. The van der Waals surface area contributed by atoms with Crippen LogP contribution in [0.3, 0.4) is 0 Å². The summed E-state index contributed by atoms with van der Waals surface area (Å²) in [6.45, 7) is 3.66. The van der Waals surface area contributed by atoms with E-state index in [1.54, 1.807) is 0 Å². The van der Waals surface area contributed by atoms with Gasteiger partial charge in [0.05, 0.1) is 6.10 Å². The minimum absolute atomic E-state index is 0.0851. The Hall–Kier alpha value is -1.35. The largest absolute Gasteiger partial charge is 0.461 e. The topological polar surface area (TPSA) is 38.8 Å². The first-order valence-corrected chi connectivity index (χ1v) is 5.09. The molecule has 1 fully saturated rings. The molecule has 0 bridgehead atoms. The van der Waals surface area contributed by atoms with Crippen LogP contribution in [0.4, 0.5) is 0 Å². The van der Waals surface area contributed by atoms with Crippen molar-refractivity contribution in [2.24, 2.45) is 0 Å². The lowest BCUT2D eigenvalue weighted by Gasteiger charge is -2.05. The molecule has 1 aliphatic heterocycles. The van der Waals surface area contributed by atoms with Gasteiger partial charge in [0.2, 0.25) is 0 Å². The van der Waals surface area contributed by atoms with Gasteiger partial charge in [0.1, 0.15) is 6.10 Å². The van der Waals surface area contributed by atoms with Gasteiger partial charge in [-0.15, -0.1) is 0 Å². The lowest BCUT2D eigenvalue weighted by Crippen LogP contribution is -2.17. The van der Waals surface area contributed by atoms with Crippen molar-refractivity contribution in [1.82, 2.24) is 0 Å². The molecule has 0 spiro atoms. The Labute approximate surface area is 89.0 Å². The Morgan fingerprint density at radius 3 is 2.60 bits per heavy atom. The fourth-order valence-electron chi connectivity index (χ4n) is 1.49. The summed E-state index contributed by atoms with van der Waals surface area (Å²) >= 11 is 0. The highest BCUT2D eigenvalue weighted by Gasteiger charge is 2.47. The zero-order chi connectivity index (χ0) is 10.8. The third-order valence-corrected chi connectivity index (χ3v) is 2.20. The molecule has 80 valence electrons. The quantitative estimate of drug-likeness (QED) is 0.561. The number of ether oxygens (including phenoxy) is 2. The van der Waals surface area contributed by atoms with Crippen molar-refractivity contribution < 1.29 is 14.3 Å². The number of rotatable bonds is 3. The van der Waals surface area contributed by atoms with E-state index < -0.39 is 6.10 Å². The molecule has 3 nitrogen and oxygen atoms in total. The van der Waals surface area contributed by atoms with Gasteiger partial charge in [-0.2, -0.15) is 0 Å². The van der Waals surface area contributed by atoms with Crippen LogP contribution in [0.25, 0.3) is 0 Å². The average Bonchev–Trinajstić information content (AvgIpc) is 2.97. The minimum atomic E-state index is -0.408. The summed E-state index contributed by atoms with van der Waals surface area (Å²) in [7, 11) is 0. The Kier molecular flexibility index (Phi) is 2.73. The monoisotopic (exact) mass is 206 g/mol. The molecule has 15 heavy (non-hydrogen) atoms. The highest BCUT2D eigenvalue weighted by molar-refractivity contribution is 5.78. The van der Waals surface area contributed by atoms with E-state index in [1.807, 2.05) is 44.2 Å². The van der Waals surface area contributed by atoms with Crippen LogP contribution in [0.5, 0.6) is 0 Å². The fraction of sp³-hybridized carbons (Fsp3) is 0.417. The Morgan fingerprint density at radius 2 is 2.00 bits per heavy atom. The van der Waals surface area contributed by atoms with Crippen molar-refractivity contribution in [3.05, 3.63) is 35.9 Å². The SMILES string of the molecule is CC(C)OC(=O)[C@@H]1O[C@@H]1c1ccccc1. The molecule has 3 heteroatoms. The lowest BCUT2D eigenvalue weighted by atomic mass is 10.1. The lowest BCUT2D eigenvalue weighted by molar-refractivity contribution is -0.148. The van der Waals surface area contributed by atoms with Crippen LogP contribution in [0.15, 0.2) is 30.3 Å². The van der Waals surface area contributed by atoms with E-state index in [1.165, 1.54) is 0 Å². The number of hydrogen-bond donors (Lipinski definition) is 0. The number of hydrogen-bond acceptors (Lipinski definition) is 3. The molecule has 0 unspecified atom stereocenters. The molecular formula is C12H14O3. The van der Waals surface area contributed by atoms with Crippen LogP contribution in [-0.2, 0) is 14.3 Å². The molecule has 1 saturated heterocycles. The van der Waals surface area contributed by atoms with E-state index in [9.17, 15) is 4.79 Å². The molecule has 0 N–H and O–H groups in total. The first-order valence-electron chi connectivity index (χ1n) is 5.09. The van der Waals surface area contributed by atoms with Crippen LogP contribution in [0.2, 0.25) is 0 Å². The number of epoxide rings is 1. The molecule has 0 radical (unpaired) electrons. The molecule has 1 aromatic rings. The van der Waals surface area contributed by atoms with Crippen LogP contribution >= 0.6 is 0 Å². The third-order valence-electron chi connectivity index (χ3n) is 2.20. The van der Waals surface area contributed by atoms with Gasteiger partial charge in [0.15, 0.2) is 6.10 Å². The van der Waals surface area contributed by atoms with E-state index in [0.29, 0.717) is 0 Å².